The van der Waals surface area contributed by atoms with Crippen LogP contribution in [0.4, 0.5) is 0 Å². The highest BCUT2D eigenvalue weighted by Crippen LogP contribution is 2.28. The Balaban J connectivity index is 2.67. The number of rotatable bonds is 8. The van der Waals surface area contributed by atoms with Gasteiger partial charge >= 0.3 is 0 Å². The molecular weight excluding hydrogens is 284 g/mol. The first-order valence-corrected chi connectivity index (χ1v) is 6.73. The van der Waals surface area contributed by atoms with E-state index in [1.165, 1.54) is 0 Å². The van der Waals surface area contributed by atoms with Crippen molar-refractivity contribution in [1.29, 1.82) is 0 Å². The predicted octanol–water partition coefficient (Wildman–Crippen LogP) is 2.99. The summed E-state index contributed by atoms with van der Waals surface area (Å²) in [5.41, 5.74) is 1.08. The lowest BCUT2D eigenvalue weighted by Crippen LogP contribution is -2.00. The molecule has 0 aliphatic rings. The van der Waals surface area contributed by atoms with Gasteiger partial charge in [-0.1, -0.05) is 22.0 Å². The fourth-order valence-electron chi connectivity index (χ4n) is 1.45. The third kappa shape index (κ3) is 4.77. The average molecular weight is 301 g/mol. The van der Waals surface area contributed by atoms with Crippen LogP contribution in [-0.2, 0) is 11.2 Å². The standard InChI is InChI=1S/C13H17BrO3/c1-16-13-10-11(4-2-8-15)5-6-12(13)17-9-3-7-14/h5-6,8,10H,2-4,7,9H2,1H3. The molecule has 0 N–H and O–H groups in total. The van der Waals surface area contributed by atoms with Crippen molar-refractivity contribution in [2.24, 2.45) is 0 Å². The van der Waals surface area contributed by atoms with E-state index in [1.54, 1.807) is 7.11 Å². The minimum atomic E-state index is 0.535. The third-order valence-corrected chi connectivity index (χ3v) is 2.88. The molecule has 0 aliphatic heterocycles. The lowest BCUT2D eigenvalue weighted by atomic mass is 10.1. The Morgan fingerprint density at radius 2 is 2.18 bits per heavy atom. The Bertz CT molecular complexity index is 353. The topological polar surface area (TPSA) is 35.5 Å². The van der Waals surface area contributed by atoms with Crippen LogP contribution in [-0.4, -0.2) is 25.3 Å². The van der Waals surface area contributed by atoms with E-state index in [-0.39, 0.29) is 0 Å². The lowest BCUT2D eigenvalue weighted by molar-refractivity contribution is -0.107. The Hall–Kier alpha value is -1.03. The molecule has 17 heavy (non-hydrogen) atoms. The maximum absolute atomic E-state index is 10.3. The first-order chi connectivity index (χ1) is 8.31. The summed E-state index contributed by atoms with van der Waals surface area (Å²) in [6.45, 7) is 0.662. The first kappa shape index (κ1) is 14.0. The number of carbonyl (C=O) groups is 1. The Morgan fingerprint density at radius 1 is 1.35 bits per heavy atom. The summed E-state index contributed by atoms with van der Waals surface area (Å²) < 4.78 is 10.9. The van der Waals surface area contributed by atoms with Crippen molar-refractivity contribution in [1.82, 2.24) is 0 Å². The Kier molecular flexibility index (Phi) is 6.70. The molecule has 0 atom stereocenters. The molecule has 0 heterocycles. The molecule has 4 heteroatoms. The van der Waals surface area contributed by atoms with Crippen LogP contribution >= 0.6 is 15.9 Å². The third-order valence-electron chi connectivity index (χ3n) is 2.31. The number of ether oxygens (including phenoxy) is 2. The fraction of sp³-hybridized carbons (Fsp3) is 0.462. The normalized spacial score (nSPS) is 10.0. The highest BCUT2D eigenvalue weighted by molar-refractivity contribution is 9.09. The summed E-state index contributed by atoms with van der Waals surface area (Å²) in [5, 5.41) is 0.923. The molecule has 1 rings (SSSR count). The Labute approximate surface area is 110 Å². The number of alkyl halides is 1. The van der Waals surface area contributed by atoms with Crippen molar-refractivity contribution >= 4 is 22.2 Å². The van der Waals surface area contributed by atoms with E-state index >= 15 is 0 Å². The van der Waals surface area contributed by atoms with Crippen molar-refractivity contribution in [3.05, 3.63) is 23.8 Å². The van der Waals surface area contributed by atoms with Crippen molar-refractivity contribution in [3.63, 3.8) is 0 Å². The van der Waals surface area contributed by atoms with E-state index < -0.39 is 0 Å². The van der Waals surface area contributed by atoms with E-state index in [0.29, 0.717) is 13.0 Å². The molecule has 0 fully saturated rings. The van der Waals surface area contributed by atoms with Crippen molar-refractivity contribution in [2.75, 3.05) is 19.0 Å². The molecule has 3 nitrogen and oxygen atoms in total. The molecule has 94 valence electrons. The van der Waals surface area contributed by atoms with Crippen molar-refractivity contribution in [2.45, 2.75) is 19.3 Å². The summed E-state index contributed by atoms with van der Waals surface area (Å²) in [4.78, 5) is 10.3. The number of halogens is 1. The molecule has 0 saturated carbocycles. The second-order valence-corrected chi connectivity index (χ2v) is 4.37. The second kappa shape index (κ2) is 8.12. The molecule has 1 aromatic rings. The van der Waals surface area contributed by atoms with E-state index in [1.807, 2.05) is 18.2 Å². The van der Waals surface area contributed by atoms with Crippen LogP contribution in [0.25, 0.3) is 0 Å². The highest BCUT2D eigenvalue weighted by atomic mass is 79.9. The van der Waals surface area contributed by atoms with Crippen LogP contribution in [0.15, 0.2) is 18.2 Å². The number of benzene rings is 1. The molecular formula is C13H17BrO3. The van der Waals surface area contributed by atoms with Gasteiger partial charge in [-0.15, -0.1) is 0 Å². The molecule has 1 aromatic carbocycles. The highest BCUT2D eigenvalue weighted by Gasteiger charge is 2.05. The van der Waals surface area contributed by atoms with Gasteiger partial charge in [-0.05, 0) is 30.5 Å². The zero-order chi connectivity index (χ0) is 12.5. The van der Waals surface area contributed by atoms with Gasteiger partial charge in [0.15, 0.2) is 11.5 Å². The van der Waals surface area contributed by atoms with E-state index in [9.17, 15) is 4.79 Å². The van der Waals surface area contributed by atoms with E-state index in [0.717, 1.165) is 41.5 Å². The van der Waals surface area contributed by atoms with Crippen LogP contribution in [0.3, 0.4) is 0 Å². The fourth-order valence-corrected chi connectivity index (χ4v) is 1.68. The van der Waals surface area contributed by atoms with Crippen LogP contribution in [0.5, 0.6) is 11.5 Å². The largest absolute Gasteiger partial charge is 0.493 e. The van der Waals surface area contributed by atoms with Gasteiger partial charge in [0.05, 0.1) is 13.7 Å². The molecule has 0 saturated heterocycles. The van der Waals surface area contributed by atoms with E-state index in [2.05, 4.69) is 15.9 Å². The average Bonchev–Trinajstić information content (AvgIpc) is 2.37. The van der Waals surface area contributed by atoms with Crippen molar-refractivity contribution in [3.8, 4) is 11.5 Å². The maximum Gasteiger partial charge on any atom is 0.161 e. The van der Waals surface area contributed by atoms with Gasteiger partial charge in [0.2, 0.25) is 0 Å². The maximum atomic E-state index is 10.3. The summed E-state index contributed by atoms with van der Waals surface area (Å²) >= 11 is 3.35. The molecule has 0 unspecified atom stereocenters. The first-order valence-electron chi connectivity index (χ1n) is 5.61. The molecule has 0 aliphatic carbocycles. The molecule has 0 aromatic heterocycles. The zero-order valence-electron chi connectivity index (χ0n) is 9.95. The summed E-state index contributed by atoms with van der Waals surface area (Å²) in [7, 11) is 1.62. The van der Waals surface area contributed by atoms with Crippen molar-refractivity contribution < 1.29 is 14.3 Å². The zero-order valence-corrected chi connectivity index (χ0v) is 11.5. The minimum absolute atomic E-state index is 0.535. The predicted molar refractivity (Wildman–Crippen MR) is 71.3 cm³/mol. The smallest absolute Gasteiger partial charge is 0.161 e. The second-order valence-electron chi connectivity index (χ2n) is 3.58. The summed E-state index contributed by atoms with van der Waals surface area (Å²) in [6.07, 6.45) is 3.15. The van der Waals surface area contributed by atoms with Gasteiger partial charge in [0.1, 0.15) is 6.29 Å². The molecule has 0 amide bonds. The lowest BCUT2D eigenvalue weighted by Gasteiger charge is -2.11. The summed E-state index contributed by atoms with van der Waals surface area (Å²) in [6, 6.07) is 5.79. The van der Waals surface area contributed by atoms with Gasteiger partial charge in [0, 0.05) is 11.8 Å². The Morgan fingerprint density at radius 3 is 2.82 bits per heavy atom. The van der Waals surface area contributed by atoms with Crippen LogP contribution in [0.2, 0.25) is 0 Å². The van der Waals surface area contributed by atoms with E-state index in [4.69, 9.17) is 9.47 Å². The number of aryl methyl sites for hydroxylation is 1. The summed E-state index contributed by atoms with van der Waals surface area (Å²) in [5.74, 6) is 1.48. The number of carbonyl (C=O) groups excluding carboxylic acids is 1. The number of hydrogen-bond donors (Lipinski definition) is 0. The number of hydrogen-bond acceptors (Lipinski definition) is 3. The van der Waals surface area contributed by atoms with Gasteiger partial charge in [-0.3, -0.25) is 0 Å². The van der Waals surface area contributed by atoms with Gasteiger partial charge in [-0.25, -0.2) is 0 Å². The molecule has 0 radical (unpaired) electrons. The monoisotopic (exact) mass is 300 g/mol. The van der Waals surface area contributed by atoms with Gasteiger partial charge in [-0.2, -0.15) is 0 Å². The number of methoxy groups -OCH3 is 1. The van der Waals surface area contributed by atoms with Crippen LogP contribution in [0.1, 0.15) is 18.4 Å². The minimum Gasteiger partial charge on any atom is -0.493 e. The van der Waals surface area contributed by atoms with Gasteiger partial charge in [0.25, 0.3) is 0 Å². The number of aldehydes is 1. The van der Waals surface area contributed by atoms with Crippen LogP contribution in [0, 0.1) is 0 Å². The van der Waals surface area contributed by atoms with Crippen LogP contribution < -0.4 is 9.47 Å². The SMILES string of the molecule is COc1cc(CCC=O)ccc1OCCCBr. The quantitative estimate of drug-likeness (QED) is 0.421. The van der Waals surface area contributed by atoms with Gasteiger partial charge < -0.3 is 14.3 Å². The molecule has 0 spiro atoms. The molecule has 0 bridgehead atoms.